The van der Waals surface area contributed by atoms with Crippen molar-refractivity contribution in [2.24, 2.45) is 0 Å². The lowest BCUT2D eigenvalue weighted by atomic mass is 10.6. The first-order valence-corrected chi connectivity index (χ1v) is 3.41. The van der Waals surface area contributed by atoms with Crippen LogP contribution in [-0.4, -0.2) is 18.6 Å². The maximum atomic E-state index is 3.16. The van der Waals surface area contributed by atoms with E-state index in [1.807, 2.05) is 20.9 Å². The van der Waals surface area contributed by atoms with Crippen molar-refractivity contribution >= 4 is 0 Å². The second kappa shape index (κ2) is 4.24. The molecular formula is C7H16N2. The molecule has 0 unspecified atom stereocenters. The minimum Gasteiger partial charge on any atom is -0.370 e. The predicted octanol–water partition coefficient (Wildman–Crippen LogP) is 1.37. The van der Waals surface area contributed by atoms with Crippen molar-refractivity contribution in [2.75, 3.05) is 13.7 Å². The van der Waals surface area contributed by atoms with E-state index in [4.69, 9.17) is 0 Å². The normalized spacial score (nSPS) is 15.6. The van der Waals surface area contributed by atoms with Gasteiger partial charge in [0.05, 0.1) is 6.67 Å². The lowest BCUT2D eigenvalue weighted by Crippen LogP contribution is -2.16. The summed E-state index contributed by atoms with van der Waals surface area (Å²) in [6.45, 7) is 7.02. The first-order chi connectivity index (χ1) is 4.29. The van der Waals surface area contributed by atoms with E-state index in [0.717, 1.165) is 6.67 Å². The highest BCUT2D eigenvalue weighted by molar-refractivity contribution is 4.99. The number of rotatable bonds is 0. The Kier molecular flexibility index (Phi) is 3.93. The fourth-order valence-electron chi connectivity index (χ4n) is 0.671. The van der Waals surface area contributed by atoms with Crippen LogP contribution < -0.4 is 5.32 Å². The summed E-state index contributed by atoms with van der Waals surface area (Å²) in [5.41, 5.74) is 1.25. The van der Waals surface area contributed by atoms with Gasteiger partial charge >= 0.3 is 0 Å². The smallest absolute Gasteiger partial charge is 0.0866 e. The minimum absolute atomic E-state index is 0.964. The Morgan fingerprint density at radius 3 is 2.22 bits per heavy atom. The molecule has 0 aromatic rings. The summed E-state index contributed by atoms with van der Waals surface area (Å²) in [7, 11) is 2.05. The molecular weight excluding hydrogens is 112 g/mol. The van der Waals surface area contributed by atoms with Gasteiger partial charge in [0.1, 0.15) is 0 Å². The van der Waals surface area contributed by atoms with Crippen LogP contribution in [-0.2, 0) is 0 Å². The van der Waals surface area contributed by atoms with E-state index in [-0.39, 0.29) is 0 Å². The van der Waals surface area contributed by atoms with Crippen LogP contribution in [0.4, 0.5) is 0 Å². The van der Waals surface area contributed by atoms with Crippen LogP contribution in [0.2, 0.25) is 0 Å². The molecule has 54 valence electrons. The highest BCUT2D eigenvalue weighted by Gasteiger charge is 1.98. The molecule has 0 saturated heterocycles. The number of allylic oxidation sites excluding steroid dienone is 1. The summed E-state index contributed by atoms with van der Waals surface area (Å²) in [4.78, 5) is 2.11. The van der Waals surface area contributed by atoms with Gasteiger partial charge in [0, 0.05) is 18.9 Å². The maximum absolute atomic E-state index is 3.16. The van der Waals surface area contributed by atoms with Gasteiger partial charge in [-0.25, -0.2) is 0 Å². The standard InChI is InChI=1S/C5H10N2.C2H6/c1-5-3-7(2)4-6-5;1-2/h3,6H,4H2,1-2H3;1-2H3. The summed E-state index contributed by atoms with van der Waals surface area (Å²) in [6, 6.07) is 0. The van der Waals surface area contributed by atoms with E-state index in [1.165, 1.54) is 5.70 Å². The number of hydrogen-bond acceptors (Lipinski definition) is 2. The third-order valence-electron chi connectivity index (χ3n) is 1.02. The molecule has 0 atom stereocenters. The molecule has 0 spiro atoms. The Bertz CT molecular complexity index is 97.1. The zero-order valence-electron chi connectivity index (χ0n) is 6.73. The van der Waals surface area contributed by atoms with E-state index in [9.17, 15) is 0 Å². The molecule has 9 heavy (non-hydrogen) atoms. The SMILES string of the molecule is CC.CC1=CN(C)CN1. The molecule has 0 aromatic carbocycles. The van der Waals surface area contributed by atoms with Crippen LogP contribution in [0.3, 0.4) is 0 Å². The van der Waals surface area contributed by atoms with Crippen molar-refractivity contribution in [1.82, 2.24) is 10.2 Å². The van der Waals surface area contributed by atoms with Crippen molar-refractivity contribution < 1.29 is 0 Å². The minimum atomic E-state index is 0.964. The Morgan fingerprint density at radius 2 is 2.11 bits per heavy atom. The number of nitrogens with zero attached hydrogens (tertiary/aromatic N) is 1. The highest BCUT2D eigenvalue weighted by atomic mass is 15.2. The average molecular weight is 128 g/mol. The second-order valence-corrected chi connectivity index (χ2v) is 1.90. The largest absolute Gasteiger partial charge is 0.370 e. The van der Waals surface area contributed by atoms with E-state index in [0.29, 0.717) is 0 Å². The second-order valence-electron chi connectivity index (χ2n) is 1.90. The molecule has 0 saturated carbocycles. The van der Waals surface area contributed by atoms with Crippen molar-refractivity contribution in [3.05, 3.63) is 11.9 Å². The molecule has 1 heterocycles. The van der Waals surface area contributed by atoms with E-state index >= 15 is 0 Å². The van der Waals surface area contributed by atoms with Gasteiger partial charge in [0.2, 0.25) is 0 Å². The molecule has 0 bridgehead atoms. The van der Waals surface area contributed by atoms with Crippen LogP contribution in [0.5, 0.6) is 0 Å². The van der Waals surface area contributed by atoms with E-state index in [1.54, 1.807) is 0 Å². The zero-order valence-corrected chi connectivity index (χ0v) is 6.73. The molecule has 1 rings (SSSR count). The van der Waals surface area contributed by atoms with Crippen LogP contribution in [0.15, 0.2) is 11.9 Å². The van der Waals surface area contributed by atoms with Gasteiger partial charge in [-0.2, -0.15) is 0 Å². The average Bonchev–Trinajstić information content (AvgIpc) is 2.20. The number of hydrogen-bond donors (Lipinski definition) is 1. The maximum Gasteiger partial charge on any atom is 0.0866 e. The first kappa shape index (κ1) is 8.34. The summed E-state index contributed by atoms with van der Waals surface area (Å²) in [6.07, 6.45) is 2.08. The lowest BCUT2D eigenvalue weighted by Gasteiger charge is -2.02. The fourth-order valence-corrected chi connectivity index (χ4v) is 0.671. The van der Waals surface area contributed by atoms with Gasteiger partial charge in [-0.05, 0) is 6.92 Å². The quantitative estimate of drug-likeness (QED) is 0.530. The van der Waals surface area contributed by atoms with Gasteiger partial charge in [-0.15, -0.1) is 0 Å². The van der Waals surface area contributed by atoms with Crippen molar-refractivity contribution in [2.45, 2.75) is 20.8 Å². The molecule has 1 aliphatic heterocycles. The van der Waals surface area contributed by atoms with Crippen LogP contribution in [0.25, 0.3) is 0 Å². The molecule has 1 aliphatic rings. The predicted molar refractivity (Wildman–Crippen MR) is 40.9 cm³/mol. The van der Waals surface area contributed by atoms with Gasteiger partial charge in [-0.3, -0.25) is 0 Å². The van der Waals surface area contributed by atoms with E-state index < -0.39 is 0 Å². The Hall–Kier alpha value is -0.660. The molecule has 0 amide bonds. The molecule has 1 N–H and O–H groups in total. The van der Waals surface area contributed by atoms with Gasteiger partial charge in [0.25, 0.3) is 0 Å². The molecule has 0 aliphatic carbocycles. The summed E-state index contributed by atoms with van der Waals surface area (Å²) < 4.78 is 0. The van der Waals surface area contributed by atoms with Gasteiger partial charge in [0.15, 0.2) is 0 Å². The molecule has 0 aromatic heterocycles. The van der Waals surface area contributed by atoms with Crippen molar-refractivity contribution in [3.8, 4) is 0 Å². The van der Waals surface area contributed by atoms with Crippen molar-refractivity contribution in [3.63, 3.8) is 0 Å². The third kappa shape index (κ3) is 3.01. The van der Waals surface area contributed by atoms with Gasteiger partial charge < -0.3 is 10.2 Å². The Labute approximate surface area is 57.5 Å². The van der Waals surface area contributed by atoms with Crippen LogP contribution in [0, 0.1) is 0 Å². The van der Waals surface area contributed by atoms with Gasteiger partial charge in [-0.1, -0.05) is 13.8 Å². The van der Waals surface area contributed by atoms with Crippen LogP contribution >= 0.6 is 0 Å². The topological polar surface area (TPSA) is 15.3 Å². The summed E-state index contributed by atoms with van der Waals surface area (Å²) in [5.74, 6) is 0. The fraction of sp³-hybridized carbons (Fsp3) is 0.714. The third-order valence-corrected chi connectivity index (χ3v) is 1.02. The molecule has 0 radical (unpaired) electrons. The Balaban J connectivity index is 0.000000291. The molecule has 0 fully saturated rings. The summed E-state index contributed by atoms with van der Waals surface area (Å²) in [5, 5.41) is 3.16. The summed E-state index contributed by atoms with van der Waals surface area (Å²) >= 11 is 0. The van der Waals surface area contributed by atoms with E-state index in [2.05, 4.69) is 23.3 Å². The van der Waals surface area contributed by atoms with Crippen LogP contribution in [0.1, 0.15) is 20.8 Å². The monoisotopic (exact) mass is 128 g/mol. The highest BCUT2D eigenvalue weighted by Crippen LogP contribution is 1.96. The molecule has 2 heteroatoms. The molecule has 2 nitrogen and oxygen atoms in total. The lowest BCUT2D eigenvalue weighted by molar-refractivity contribution is 0.473. The first-order valence-electron chi connectivity index (χ1n) is 3.41. The Morgan fingerprint density at radius 1 is 1.56 bits per heavy atom. The zero-order chi connectivity index (χ0) is 7.28. The van der Waals surface area contributed by atoms with Crippen molar-refractivity contribution in [1.29, 1.82) is 0 Å². The number of nitrogens with one attached hydrogen (secondary N) is 1.